The summed E-state index contributed by atoms with van der Waals surface area (Å²) in [5, 5.41) is 1.15. The maximum absolute atomic E-state index is 13.3. The Morgan fingerprint density at radius 2 is 1.96 bits per heavy atom. The third-order valence-corrected chi connectivity index (χ3v) is 4.87. The van der Waals surface area contributed by atoms with Crippen molar-refractivity contribution in [1.29, 1.82) is 0 Å². The average Bonchev–Trinajstić information content (AvgIpc) is 2.99. The lowest BCUT2D eigenvalue weighted by Crippen LogP contribution is -2.39. The van der Waals surface area contributed by atoms with E-state index in [1.54, 1.807) is 34.1 Å². The van der Waals surface area contributed by atoms with E-state index in [0.717, 1.165) is 5.69 Å². The first-order valence-corrected chi connectivity index (χ1v) is 8.79. The van der Waals surface area contributed by atoms with Crippen LogP contribution in [0.3, 0.4) is 0 Å². The van der Waals surface area contributed by atoms with Gasteiger partial charge in [-0.1, -0.05) is 11.6 Å². The molecule has 1 saturated heterocycles. The highest BCUT2D eigenvalue weighted by Crippen LogP contribution is 2.28. The van der Waals surface area contributed by atoms with Gasteiger partial charge in [0.2, 0.25) is 0 Å². The molecule has 26 heavy (non-hydrogen) atoms. The zero-order valence-corrected chi connectivity index (χ0v) is 14.9. The van der Waals surface area contributed by atoms with E-state index in [4.69, 9.17) is 11.6 Å². The number of pyridine rings is 1. The second-order valence-corrected chi connectivity index (χ2v) is 6.83. The highest BCUT2D eigenvalue weighted by Gasteiger charge is 2.24. The highest BCUT2D eigenvalue weighted by atomic mass is 35.5. The smallest absolute Gasteiger partial charge is 0.255 e. The molecule has 134 valence electrons. The Morgan fingerprint density at radius 3 is 2.65 bits per heavy atom. The van der Waals surface area contributed by atoms with Crippen LogP contribution in [0.2, 0.25) is 5.02 Å². The first-order valence-electron chi connectivity index (χ1n) is 8.42. The Hall–Kier alpha value is -2.54. The molecule has 0 N–H and O–H groups in total. The number of carbonyl (C=O) groups excluding carboxylic acids is 1. The minimum atomic E-state index is -0.821. The number of nitrogens with zero attached hydrogens (tertiary/aromatic N) is 5. The molecule has 1 fully saturated rings. The predicted octanol–water partition coefficient (Wildman–Crippen LogP) is 3.35. The van der Waals surface area contributed by atoms with Crippen molar-refractivity contribution in [1.82, 2.24) is 24.4 Å². The summed E-state index contributed by atoms with van der Waals surface area (Å²) < 4.78 is 15.0. The van der Waals surface area contributed by atoms with Crippen LogP contribution in [-0.2, 0) is 0 Å². The average molecular weight is 374 g/mol. The SMILES string of the molecule is Cc1cnc(-n2cc(Cl)c3cc(C(=O)N4CCC(F)CC4)cnc32)cn1. The van der Waals surface area contributed by atoms with E-state index in [1.165, 1.54) is 6.20 Å². The summed E-state index contributed by atoms with van der Waals surface area (Å²) >= 11 is 6.36. The number of piperidine rings is 1. The van der Waals surface area contributed by atoms with E-state index in [0.29, 0.717) is 53.4 Å². The number of carbonyl (C=O) groups is 1. The van der Waals surface area contributed by atoms with Gasteiger partial charge in [-0.2, -0.15) is 0 Å². The second kappa shape index (κ2) is 6.64. The fourth-order valence-corrected chi connectivity index (χ4v) is 3.34. The van der Waals surface area contributed by atoms with Gasteiger partial charge in [0.15, 0.2) is 5.82 Å². The van der Waals surface area contributed by atoms with E-state index in [9.17, 15) is 9.18 Å². The van der Waals surface area contributed by atoms with Gasteiger partial charge in [0.05, 0.1) is 28.7 Å². The largest absolute Gasteiger partial charge is 0.338 e. The first kappa shape index (κ1) is 16.9. The van der Waals surface area contributed by atoms with E-state index >= 15 is 0 Å². The molecule has 8 heteroatoms. The normalized spacial score (nSPS) is 15.6. The molecule has 0 aromatic carbocycles. The number of aromatic nitrogens is 4. The van der Waals surface area contributed by atoms with Gasteiger partial charge in [0, 0.05) is 30.9 Å². The Morgan fingerprint density at radius 1 is 1.19 bits per heavy atom. The lowest BCUT2D eigenvalue weighted by atomic mass is 10.1. The third kappa shape index (κ3) is 3.03. The summed E-state index contributed by atoms with van der Waals surface area (Å²) in [4.78, 5) is 27.3. The van der Waals surface area contributed by atoms with Crippen molar-refractivity contribution in [2.45, 2.75) is 25.9 Å². The summed E-state index contributed by atoms with van der Waals surface area (Å²) in [6.45, 7) is 2.71. The van der Waals surface area contributed by atoms with Gasteiger partial charge in [-0.25, -0.2) is 14.4 Å². The lowest BCUT2D eigenvalue weighted by molar-refractivity contribution is 0.0667. The zero-order valence-electron chi connectivity index (χ0n) is 14.2. The van der Waals surface area contributed by atoms with Crippen LogP contribution in [0, 0.1) is 6.92 Å². The van der Waals surface area contributed by atoms with Crippen LogP contribution in [0.4, 0.5) is 4.39 Å². The molecule has 0 atom stereocenters. The Balaban J connectivity index is 1.69. The quantitative estimate of drug-likeness (QED) is 0.691. The van der Waals surface area contributed by atoms with Gasteiger partial charge >= 0.3 is 0 Å². The number of fused-ring (bicyclic) bond motifs is 1. The molecule has 0 spiro atoms. The summed E-state index contributed by atoms with van der Waals surface area (Å²) in [7, 11) is 0. The molecule has 1 aliphatic rings. The molecule has 0 unspecified atom stereocenters. The fourth-order valence-electron chi connectivity index (χ4n) is 3.10. The first-order chi connectivity index (χ1) is 12.5. The van der Waals surface area contributed by atoms with Gasteiger partial charge in [0.1, 0.15) is 11.8 Å². The maximum Gasteiger partial charge on any atom is 0.255 e. The number of amides is 1. The molecular weight excluding hydrogens is 357 g/mol. The number of likely N-dealkylation sites (tertiary alicyclic amines) is 1. The topological polar surface area (TPSA) is 63.9 Å². The van der Waals surface area contributed by atoms with Crippen molar-refractivity contribution in [2.24, 2.45) is 0 Å². The number of alkyl halides is 1. The molecule has 4 heterocycles. The third-order valence-electron chi connectivity index (χ3n) is 4.57. The van der Waals surface area contributed by atoms with Crippen LogP contribution in [-0.4, -0.2) is 49.6 Å². The minimum Gasteiger partial charge on any atom is -0.338 e. The molecule has 3 aromatic rings. The monoisotopic (exact) mass is 373 g/mol. The molecule has 6 nitrogen and oxygen atoms in total. The van der Waals surface area contributed by atoms with Crippen LogP contribution >= 0.6 is 11.6 Å². The van der Waals surface area contributed by atoms with Crippen LogP contribution in [0.15, 0.2) is 30.9 Å². The summed E-state index contributed by atoms with van der Waals surface area (Å²) in [6, 6.07) is 1.73. The molecule has 4 rings (SSSR count). The lowest BCUT2D eigenvalue weighted by Gasteiger charge is -2.28. The Kier molecular flexibility index (Phi) is 4.32. The standard InChI is InChI=1S/C18H17ClFN5O/c1-11-7-22-16(9-21-11)25-10-15(19)14-6-12(8-23-17(14)25)18(26)24-4-2-13(20)3-5-24/h6-10,13H,2-5H2,1H3. The summed E-state index contributed by atoms with van der Waals surface area (Å²) in [5.74, 6) is 0.453. The molecule has 0 aliphatic carbocycles. The maximum atomic E-state index is 13.3. The van der Waals surface area contributed by atoms with Crippen molar-refractivity contribution in [2.75, 3.05) is 13.1 Å². The number of halogens is 2. The summed E-state index contributed by atoms with van der Waals surface area (Å²) in [5.41, 5.74) is 1.87. The van der Waals surface area contributed by atoms with Crippen LogP contribution in [0.25, 0.3) is 16.9 Å². The number of hydrogen-bond acceptors (Lipinski definition) is 4. The van der Waals surface area contributed by atoms with Gasteiger partial charge in [-0.05, 0) is 25.8 Å². The minimum absolute atomic E-state index is 0.148. The molecule has 1 amide bonds. The van der Waals surface area contributed by atoms with Gasteiger partial charge in [0.25, 0.3) is 5.91 Å². The molecule has 0 radical (unpaired) electrons. The van der Waals surface area contributed by atoms with Gasteiger partial charge in [-0.3, -0.25) is 14.3 Å². The molecule has 3 aromatic heterocycles. The predicted molar refractivity (Wildman–Crippen MR) is 96.4 cm³/mol. The molecular formula is C18H17ClFN5O. The fraction of sp³-hybridized carbons (Fsp3) is 0.333. The van der Waals surface area contributed by atoms with Crippen LogP contribution in [0.1, 0.15) is 28.9 Å². The van der Waals surface area contributed by atoms with E-state index < -0.39 is 6.17 Å². The Bertz CT molecular complexity index is 964. The Labute approximate surface area is 154 Å². The molecule has 0 saturated carbocycles. The van der Waals surface area contributed by atoms with Gasteiger partial charge in [-0.15, -0.1) is 0 Å². The van der Waals surface area contributed by atoms with Crippen molar-refractivity contribution in [3.63, 3.8) is 0 Å². The highest BCUT2D eigenvalue weighted by molar-refractivity contribution is 6.35. The van der Waals surface area contributed by atoms with Crippen molar-refractivity contribution < 1.29 is 9.18 Å². The van der Waals surface area contributed by atoms with Crippen molar-refractivity contribution in [3.8, 4) is 5.82 Å². The number of rotatable bonds is 2. The number of aryl methyl sites for hydroxylation is 1. The number of hydrogen-bond donors (Lipinski definition) is 0. The second-order valence-electron chi connectivity index (χ2n) is 6.43. The van der Waals surface area contributed by atoms with Gasteiger partial charge < -0.3 is 4.90 Å². The van der Waals surface area contributed by atoms with Crippen molar-refractivity contribution >= 4 is 28.5 Å². The van der Waals surface area contributed by atoms with Crippen LogP contribution in [0.5, 0.6) is 0 Å². The van der Waals surface area contributed by atoms with E-state index in [1.807, 2.05) is 6.92 Å². The van der Waals surface area contributed by atoms with E-state index in [2.05, 4.69) is 15.0 Å². The van der Waals surface area contributed by atoms with Crippen molar-refractivity contribution in [3.05, 3.63) is 47.1 Å². The van der Waals surface area contributed by atoms with Crippen LogP contribution < -0.4 is 0 Å². The summed E-state index contributed by atoms with van der Waals surface area (Å²) in [6.07, 6.45) is 6.49. The van der Waals surface area contributed by atoms with E-state index in [-0.39, 0.29) is 5.91 Å². The molecule has 0 bridgehead atoms. The molecule has 1 aliphatic heterocycles. The zero-order chi connectivity index (χ0) is 18.3.